The molecule has 1 aliphatic heterocycles. The smallest absolute Gasteiger partial charge is 0.321 e. The van der Waals surface area contributed by atoms with Gasteiger partial charge in [-0.3, -0.25) is 4.79 Å². The molecule has 1 fully saturated rings. The van der Waals surface area contributed by atoms with Gasteiger partial charge < -0.3 is 15.1 Å². The Labute approximate surface area is 170 Å². The summed E-state index contributed by atoms with van der Waals surface area (Å²) in [6.45, 7) is 1.80. The van der Waals surface area contributed by atoms with Crippen molar-refractivity contribution in [1.29, 1.82) is 0 Å². The maximum Gasteiger partial charge on any atom is 0.321 e. The van der Waals surface area contributed by atoms with Crippen LogP contribution in [0.2, 0.25) is 5.02 Å². The fourth-order valence-corrected chi connectivity index (χ4v) is 3.53. The zero-order valence-corrected chi connectivity index (χ0v) is 16.8. The molecule has 3 amide bonds. The topological polar surface area (TPSA) is 52.7 Å². The molecule has 1 saturated heterocycles. The van der Waals surface area contributed by atoms with Crippen LogP contribution in [0.15, 0.2) is 46.9 Å². The van der Waals surface area contributed by atoms with E-state index >= 15 is 0 Å². The van der Waals surface area contributed by atoms with Crippen LogP contribution in [0.25, 0.3) is 0 Å². The lowest BCUT2D eigenvalue weighted by atomic mass is 10.2. The van der Waals surface area contributed by atoms with Gasteiger partial charge in [0, 0.05) is 41.4 Å². The summed E-state index contributed by atoms with van der Waals surface area (Å²) in [5, 5.41) is 3.36. The predicted molar refractivity (Wildman–Crippen MR) is 107 cm³/mol. The summed E-state index contributed by atoms with van der Waals surface area (Å²) in [4.78, 5) is 28.5. The molecule has 0 bridgehead atoms. The Kier molecular flexibility index (Phi) is 6.34. The number of carbonyl (C=O) groups is 2. The molecule has 8 heteroatoms. The zero-order valence-electron chi connectivity index (χ0n) is 14.4. The number of urea groups is 1. The van der Waals surface area contributed by atoms with Crippen molar-refractivity contribution >= 4 is 45.2 Å². The molecule has 5 nitrogen and oxygen atoms in total. The number of halogens is 3. The number of hydrogen-bond donors (Lipinski definition) is 1. The van der Waals surface area contributed by atoms with Crippen molar-refractivity contribution < 1.29 is 14.0 Å². The highest BCUT2D eigenvalue weighted by Crippen LogP contribution is 2.21. The highest BCUT2D eigenvalue weighted by atomic mass is 79.9. The predicted octanol–water partition coefficient (Wildman–Crippen LogP) is 4.62. The van der Waals surface area contributed by atoms with Gasteiger partial charge in [0.25, 0.3) is 5.91 Å². The summed E-state index contributed by atoms with van der Waals surface area (Å²) in [5.41, 5.74) is 0.903. The third kappa shape index (κ3) is 4.99. The average Bonchev–Trinajstić information content (AvgIpc) is 2.89. The average molecular weight is 455 g/mol. The van der Waals surface area contributed by atoms with Crippen LogP contribution in [0.3, 0.4) is 0 Å². The van der Waals surface area contributed by atoms with Gasteiger partial charge in [0.2, 0.25) is 0 Å². The molecule has 27 heavy (non-hydrogen) atoms. The molecule has 142 valence electrons. The van der Waals surface area contributed by atoms with Crippen molar-refractivity contribution in [3.05, 3.63) is 63.3 Å². The highest BCUT2D eigenvalue weighted by Gasteiger charge is 2.24. The van der Waals surface area contributed by atoms with Gasteiger partial charge in [-0.1, -0.05) is 17.7 Å². The van der Waals surface area contributed by atoms with Crippen LogP contribution >= 0.6 is 27.5 Å². The molecule has 0 atom stereocenters. The van der Waals surface area contributed by atoms with Crippen LogP contribution in [0.4, 0.5) is 14.9 Å². The number of amides is 3. The Morgan fingerprint density at radius 1 is 1.04 bits per heavy atom. The second kappa shape index (κ2) is 8.71. The van der Waals surface area contributed by atoms with E-state index in [1.807, 2.05) is 0 Å². The summed E-state index contributed by atoms with van der Waals surface area (Å²) in [6, 6.07) is 10.7. The Balaban J connectivity index is 1.64. The number of benzene rings is 2. The van der Waals surface area contributed by atoms with E-state index in [0.717, 1.165) is 0 Å². The molecule has 1 heterocycles. The summed E-state index contributed by atoms with van der Waals surface area (Å²) in [5.74, 6) is -0.711. The molecular formula is C19H18BrClFN3O2. The molecule has 1 N–H and O–H groups in total. The van der Waals surface area contributed by atoms with E-state index in [1.165, 1.54) is 18.2 Å². The van der Waals surface area contributed by atoms with Crippen molar-refractivity contribution in [2.75, 3.05) is 31.5 Å². The minimum atomic E-state index is -0.459. The van der Waals surface area contributed by atoms with E-state index in [4.69, 9.17) is 11.6 Å². The number of rotatable bonds is 2. The fraction of sp³-hybridized carbons (Fsp3) is 0.263. The van der Waals surface area contributed by atoms with E-state index in [-0.39, 0.29) is 17.5 Å². The van der Waals surface area contributed by atoms with E-state index in [2.05, 4.69) is 21.2 Å². The van der Waals surface area contributed by atoms with Crippen molar-refractivity contribution in [2.45, 2.75) is 6.42 Å². The molecule has 0 unspecified atom stereocenters. The highest BCUT2D eigenvalue weighted by molar-refractivity contribution is 9.10. The molecule has 0 aromatic heterocycles. The number of carbonyl (C=O) groups excluding carboxylic acids is 2. The summed E-state index contributed by atoms with van der Waals surface area (Å²) in [7, 11) is 0. The number of nitrogens with zero attached hydrogens (tertiary/aromatic N) is 2. The van der Waals surface area contributed by atoms with Crippen LogP contribution in [0.1, 0.15) is 16.8 Å². The molecular weight excluding hydrogens is 437 g/mol. The Morgan fingerprint density at radius 3 is 2.56 bits per heavy atom. The van der Waals surface area contributed by atoms with Crippen molar-refractivity contribution in [3.8, 4) is 0 Å². The lowest BCUT2D eigenvalue weighted by Crippen LogP contribution is -2.39. The molecule has 0 saturated carbocycles. The Morgan fingerprint density at radius 2 is 1.78 bits per heavy atom. The summed E-state index contributed by atoms with van der Waals surface area (Å²) < 4.78 is 14.0. The molecule has 3 rings (SSSR count). The normalized spacial score (nSPS) is 14.6. The first-order chi connectivity index (χ1) is 12.9. The Bertz CT molecular complexity index is 865. The quantitative estimate of drug-likeness (QED) is 0.720. The van der Waals surface area contributed by atoms with Gasteiger partial charge in [-0.05, 0) is 58.7 Å². The van der Waals surface area contributed by atoms with Crippen molar-refractivity contribution in [3.63, 3.8) is 0 Å². The maximum atomic E-state index is 13.5. The third-order valence-electron chi connectivity index (χ3n) is 4.31. The van der Waals surface area contributed by atoms with Gasteiger partial charge in [-0.2, -0.15) is 0 Å². The van der Waals surface area contributed by atoms with Gasteiger partial charge in [0.05, 0.1) is 5.56 Å². The van der Waals surface area contributed by atoms with Crippen LogP contribution in [0.5, 0.6) is 0 Å². The van der Waals surface area contributed by atoms with Crippen LogP contribution in [-0.4, -0.2) is 47.9 Å². The van der Waals surface area contributed by atoms with Crippen molar-refractivity contribution in [2.24, 2.45) is 0 Å². The second-order valence-electron chi connectivity index (χ2n) is 6.20. The van der Waals surface area contributed by atoms with Crippen LogP contribution in [0, 0.1) is 5.82 Å². The first kappa shape index (κ1) is 19.6. The van der Waals surface area contributed by atoms with Gasteiger partial charge in [-0.15, -0.1) is 0 Å². The molecule has 2 aromatic rings. The summed E-state index contributed by atoms with van der Waals surface area (Å²) >= 11 is 9.23. The van der Waals surface area contributed by atoms with Crippen LogP contribution in [-0.2, 0) is 0 Å². The molecule has 2 aromatic carbocycles. The first-order valence-corrected chi connectivity index (χ1v) is 9.67. The van der Waals surface area contributed by atoms with Gasteiger partial charge >= 0.3 is 6.03 Å². The minimum Gasteiger partial charge on any atom is -0.337 e. The molecule has 0 spiro atoms. The van der Waals surface area contributed by atoms with Crippen molar-refractivity contribution in [1.82, 2.24) is 9.80 Å². The number of nitrogens with one attached hydrogen (secondary N) is 1. The monoisotopic (exact) mass is 453 g/mol. The standard InChI is InChI=1S/C19H18BrClFN3O2/c20-17-6-5-14(22)12-16(17)18(26)24-7-2-8-25(10-9-24)19(27)23-15-4-1-3-13(21)11-15/h1,3-6,11-12H,2,7-10H2,(H,23,27). The number of hydrogen-bond acceptors (Lipinski definition) is 2. The van der Waals surface area contributed by atoms with Crippen LogP contribution < -0.4 is 5.32 Å². The number of anilines is 1. The van der Waals surface area contributed by atoms with E-state index in [9.17, 15) is 14.0 Å². The fourth-order valence-electron chi connectivity index (χ4n) is 2.92. The molecule has 0 aliphatic carbocycles. The third-order valence-corrected chi connectivity index (χ3v) is 5.23. The largest absolute Gasteiger partial charge is 0.337 e. The van der Waals surface area contributed by atoms with E-state index < -0.39 is 5.82 Å². The lowest BCUT2D eigenvalue weighted by molar-refractivity contribution is 0.0761. The Hall–Kier alpha value is -2.12. The van der Waals surface area contributed by atoms with Gasteiger partial charge in [0.1, 0.15) is 5.82 Å². The second-order valence-corrected chi connectivity index (χ2v) is 7.49. The van der Waals surface area contributed by atoms with Gasteiger partial charge in [0.15, 0.2) is 0 Å². The van der Waals surface area contributed by atoms with E-state index in [0.29, 0.717) is 47.8 Å². The molecule has 1 aliphatic rings. The van der Waals surface area contributed by atoms with Gasteiger partial charge in [-0.25, -0.2) is 9.18 Å². The lowest BCUT2D eigenvalue weighted by Gasteiger charge is -2.23. The molecule has 0 radical (unpaired) electrons. The van der Waals surface area contributed by atoms with E-state index in [1.54, 1.807) is 34.1 Å². The maximum absolute atomic E-state index is 13.5. The minimum absolute atomic E-state index is 0.237. The zero-order chi connectivity index (χ0) is 19.4. The SMILES string of the molecule is O=C(Nc1cccc(Cl)c1)N1CCCN(C(=O)c2cc(F)ccc2Br)CC1. The summed E-state index contributed by atoms with van der Waals surface area (Å²) in [6.07, 6.45) is 0.641. The first-order valence-electron chi connectivity index (χ1n) is 8.50.